The zero-order valence-corrected chi connectivity index (χ0v) is 22.3. The summed E-state index contributed by atoms with van der Waals surface area (Å²) in [4.78, 5) is 23.2. The Morgan fingerprint density at radius 3 is 1.03 bits per heavy atom. The summed E-state index contributed by atoms with van der Waals surface area (Å²) in [6, 6.07) is 0. The van der Waals surface area contributed by atoms with E-state index in [1.807, 2.05) is 0 Å². The van der Waals surface area contributed by atoms with E-state index in [2.05, 4.69) is 24.5 Å². The van der Waals surface area contributed by atoms with E-state index in [0.717, 1.165) is 25.7 Å². The number of rotatable bonds is 24. The summed E-state index contributed by atoms with van der Waals surface area (Å²) in [6.07, 6.45) is 26.6. The molecule has 0 spiro atoms. The smallest absolute Gasteiger partial charge is 0.411 e. The molecule has 0 heterocycles. The lowest BCUT2D eigenvalue weighted by Gasteiger charge is -2.05. The van der Waals surface area contributed by atoms with Gasteiger partial charge in [-0.25, -0.2) is 9.59 Å². The van der Waals surface area contributed by atoms with E-state index in [0.29, 0.717) is 13.2 Å². The molecule has 0 aromatic rings. The van der Waals surface area contributed by atoms with Crippen LogP contribution in [0.15, 0.2) is 12.4 Å². The van der Waals surface area contributed by atoms with Crippen molar-refractivity contribution < 1.29 is 19.1 Å². The van der Waals surface area contributed by atoms with Gasteiger partial charge in [-0.05, 0) is 12.8 Å². The van der Waals surface area contributed by atoms with Crippen LogP contribution >= 0.6 is 0 Å². The van der Waals surface area contributed by atoms with Crippen molar-refractivity contribution in [2.75, 3.05) is 13.2 Å². The van der Waals surface area contributed by atoms with Crippen LogP contribution in [-0.4, -0.2) is 25.4 Å². The normalized spacial score (nSPS) is 11.0. The van der Waals surface area contributed by atoms with E-state index in [1.165, 1.54) is 115 Å². The van der Waals surface area contributed by atoms with E-state index in [4.69, 9.17) is 9.47 Å². The highest BCUT2D eigenvalue weighted by atomic mass is 16.6. The minimum absolute atomic E-state index is 0.421. The molecule has 0 saturated heterocycles. The van der Waals surface area contributed by atoms with Crippen molar-refractivity contribution in [2.45, 2.75) is 142 Å². The molecular formula is C28H54N2O4. The summed E-state index contributed by atoms with van der Waals surface area (Å²) < 4.78 is 10.2. The van der Waals surface area contributed by atoms with E-state index >= 15 is 0 Å². The van der Waals surface area contributed by atoms with Gasteiger partial charge in [0.25, 0.3) is 0 Å². The van der Waals surface area contributed by atoms with Gasteiger partial charge in [0.05, 0.1) is 13.2 Å². The number of nitrogens with one attached hydrogen (secondary N) is 2. The zero-order valence-electron chi connectivity index (χ0n) is 22.3. The van der Waals surface area contributed by atoms with E-state index in [9.17, 15) is 9.59 Å². The van der Waals surface area contributed by atoms with Crippen LogP contribution in [0.4, 0.5) is 9.59 Å². The summed E-state index contributed by atoms with van der Waals surface area (Å²) in [5.74, 6) is 0. The van der Waals surface area contributed by atoms with Crippen LogP contribution in [0.2, 0.25) is 0 Å². The van der Waals surface area contributed by atoms with Crippen molar-refractivity contribution in [3.63, 3.8) is 0 Å². The van der Waals surface area contributed by atoms with E-state index < -0.39 is 12.2 Å². The summed E-state index contributed by atoms with van der Waals surface area (Å²) in [5, 5.41) is 4.95. The molecule has 0 atom stereocenters. The number of hydrogen-bond donors (Lipinski definition) is 2. The minimum Gasteiger partial charge on any atom is -0.449 e. The van der Waals surface area contributed by atoms with Crippen LogP contribution in [0.5, 0.6) is 0 Å². The van der Waals surface area contributed by atoms with Crippen LogP contribution < -0.4 is 10.6 Å². The molecule has 200 valence electrons. The van der Waals surface area contributed by atoms with Crippen LogP contribution in [-0.2, 0) is 9.47 Å². The molecule has 0 aromatic heterocycles. The highest BCUT2D eigenvalue weighted by Gasteiger charge is 2.01. The molecule has 0 aliphatic heterocycles. The maximum atomic E-state index is 11.6. The molecule has 6 nitrogen and oxygen atoms in total. The molecule has 0 radical (unpaired) electrons. The molecule has 6 heteroatoms. The molecule has 2 amide bonds. The van der Waals surface area contributed by atoms with Gasteiger partial charge in [-0.15, -0.1) is 0 Å². The van der Waals surface area contributed by atoms with Crippen molar-refractivity contribution >= 4 is 12.2 Å². The highest BCUT2D eigenvalue weighted by molar-refractivity contribution is 5.70. The molecule has 0 fully saturated rings. The fourth-order valence-electron chi connectivity index (χ4n) is 3.81. The van der Waals surface area contributed by atoms with Gasteiger partial charge >= 0.3 is 12.2 Å². The van der Waals surface area contributed by atoms with Crippen LogP contribution in [0.25, 0.3) is 0 Å². The van der Waals surface area contributed by atoms with Gasteiger partial charge in [0.1, 0.15) is 0 Å². The molecule has 0 aromatic carbocycles. The summed E-state index contributed by atoms with van der Waals surface area (Å²) in [7, 11) is 0. The number of amides is 2. The van der Waals surface area contributed by atoms with Crippen molar-refractivity contribution in [1.82, 2.24) is 10.6 Å². The number of alkyl carbamates (subject to hydrolysis) is 2. The Hall–Kier alpha value is -1.72. The fourth-order valence-corrected chi connectivity index (χ4v) is 3.81. The van der Waals surface area contributed by atoms with Crippen molar-refractivity contribution in [1.29, 1.82) is 0 Å². The Morgan fingerprint density at radius 1 is 0.471 bits per heavy atom. The molecule has 2 N–H and O–H groups in total. The zero-order chi connectivity index (χ0) is 25.0. The first kappa shape index (κ1) is 32.3. The van der Waals surface area contributed by atoms with Crippen LogP contribution in [0.3, 0.4) is 0 Å². The lowest BCUT2D eigenvalue weighted by Crippen LogP contribution is -2.23. The maximum absolute atomic E-state index is 11.6. The number of unbranched alkanes of at least 4 members (excludes halogenated alkanes) is 18. The Bertz CT molecular complexity index is 441. The number of carbonyl (C=O) groups is 2. The largest absolute Gasteiger partial charge is 0.449 e. The van der Waals surface area contributed by atoms with Crippen LogP contribution in [0, 0.1) is 0 Å². The summed E-state index contributed by atoms with van der Waals surface area (Å²) in [6.45, 7) is 5.33. The average molecular weight is 483 g/mol. The molecule has 0 bridgehead atoms. The number of carbonyl (C=O) groups excluding carboxylic acids is 2. The van der Waals surface area contributed by atoms with Gasteiger partial charge in [0.15, 0.2) is 0 Å². The SMILES string of the molecule is CCCCCCCCCCCCOC(=O)N/C=C/NC(=O)OCCCCCCCCCCCC. The quantitative estimate of drug-likeness (QED) is 0.135. The standard InChI is InChI=1S/C28H54N2O4/c1-3-5-7-9-11-13-15-17-19-21-25-33-27(31)29-23-24-30-28(32)34-26-22-20-18-16-14-12-10-8-6-4-2/h23-24H,3-22,25-26H2,1-2H3,(H,29,31)(H,30,32)/b24-23+. The Balaban J connectivity index is 3.37. The Labute approximate surface area is 210 Å². The number of hydrogen-bond acceptors (Lipinski definition) is 4. The molecule has 0 unspecified atom stereocenters. The first-order valence-corrected chi connectivity index (χ1v) is 14.2. The second-order valence-corrected chi connectivity index (χ2v) is 9.26. The second-order valence-electron chi connectivity index (χ2n) is 9.26. The van der Waals surface area contributed by atoms with Gasteiger partial charge in [-0.1, -0.05) is 129 Å². The van der Waals surface area contributed by atoms with E-state index in [1.54, 1.807) is 0 Å². The predicted molar refractivity (Wildman–Crippen MR) is 142 cm³/mol. The summed E-state index contributed by atoms with van der Waals surface area (Å²) >= 11 is 0. The lowest BCUT2D eigenvalue weighted by atomic mass is 10.1. The molecular weight excluding hydrogens is 428 g/mol. The first-order valence-electron chi connectivity index (χ1n) is 14.2. The van der Waals surface area contributed by atoms with Crippen LogP contribution in [0.1, 0.15) is 142 Å². The Morgan fingerprint density at radius 2 is 0.735 bits per heavy atom. The average Bonchev–Trinajstić information content (AvgIpc) is 2.83. The third-order valence-corrected chi connectivity index (χ3v) is 5.95. The lowest BCUT2D eigenvalue weighted by molar-refractivity contribution is 0.145. The predicted octanol–water partition coefficient (Wildman–Crippen LogP) is 8.75. The molecule has 0 rings (SSSR count). The Kier molecular flexibility index (Phi) is 26.1. The maximum Gasteiger partial charge on any atom is 0.411 e. The third kappa shape index (κ3) is 26.5. The van der Waals surface area contributed by atoms with Gasteiger partial charge in [-0.3, -0.25) is 10.6 Å². The van der Waals surface area contributed by atoms with Crippen molar-refractivity contribution in [3.05, 3.63) is 12.4 Å². The second kappa shape index (κ2) is 27.5. The van der Waals surface area contributed by atoms with Gasteiger partial charge < -0.3 is 9.47 Å². The molecule has 0 aliphatic carbocycles. The fraction of sp³-hybridized carbons (Fsp3) is 0.857. The first-order chi connectivity index (χ1) is 16.7. The number of ether oxygens (including phenoxy) is 2. The highest BCUT2D eigenvalue weighted by Crippen LogP contribution is 2.11. The molecule has 34 heavy (non-hydrogen) atoms. The van der Waals surface area contributed by atoms with Crippen molar-refractivity contribution in [3.8, 4) is 0 Å². The van der Waals surface area contributed by atoms with Crippen molar-refractivity contribution in [2.24, 2.45) is 0 Å². The van der Waals surface area contributed by atoms with Gasteiger partial charge in [0, 0.05) is 12.4 Å². The third-order valence-electron chi connectivity index (χ3n) is 5.95. The monoisotopic (exact) mass is 482 g/mol. The summed E-state index contributed by atoms with van der Waals surface area (Å²) in [5.41, 5.74) is 0. The van der Waals surface area contributed by atoms with E-state index in [-0.39, 0.29) is 0 Å². The minimum atomic E-state index is -0.507. The molecule has 0 aliphatic rings. The topological polar surface area (TPSA) is 76.7 Å². The molecule has 0 saturated carbocycles. The van der Waals surface area contributed by atoms with Gasteiger partial charge in [0.2, 0.25) is 0 Å². The van der Waals surface area contributed by atoms with Gasteiger partial charge in [-0.2, -0.15) is 0 Å².